The first-order valence-corrected chi connectivity index (χ1v) is 3.63. The summed E-state index contributed by atoms with van der Waals surface area (Å²) in [5.74, 6) is -0.938. The monoisotopic (exact) mass is 201 g/mol. The topological polar surface area (TPSA) is 43.1 Å². The van der Waals surface area contributed by atoms with E-state index < -0.39 is 17.7 Å². The SMILES string of the molecule is NC(=O)C1=C=CC=CC(C(F)(F)F)=C1. The minimum atomic E-state index is -4.49. The Labute approximate surface area is 77.9 Å². The van der Waals surface area contributed by atoms with Crippen LogP contribution in [0.4, 0.5) is 13.2 Å². The summed E-state index contributed by atoms with van der Waals surface area (Å²) in [5.41, 5.74) is 5.97. The zero-order chi connectivity index (χ0) is 10.8. The molecule has 0 bridgehead atoms. The van der Waals surface area contributed by atoms with Crippen molar-refractivity contribution < 1.29 is 18.0 Å². The number of primary amides is 1. The van der Waals surface area contributed by atoms with E-state index in [-0.39, 0.29) is 5.57 Å². The van der Waals surface area contributed by atoms with Crippen molar-refractivity contribution in [3.05, 3.63) is 41.2 Å². The van der Waals surface area contributed by atoms with Gasteiger partial charge in [-0.25, -0.2) is 0 Å². The fourth-order valence-electron chi connectivity index (χ4n) is 0.854. The minimum Gasteiger partial charge on any atom is -0.365 e. The average molecular weight is 201 g/mol. The van der Waals surface area contributed by atoms with Crippen LogP contribution in [-0.2, 0) is 4.79 Å². The molecule has 0 aromatic rings. The number of halogens is 3. The van der Waals surface area contributed by atoms with Gasteiger partial charge in [0.25, 0.3) is 5.91 Å². The summed E-state index contributed by atoms with van der Waals surface area (Å²) in [4.78, 5) is 10.6. The first kappa shape index (κ1) is 10.3. The van der Waals surface area contributed by atoms with Crippen LogP contribution in [0.5, 0.6) is 0 Å². The van der Waals surface area contributed by atoms with Crippen molar-refractivity contribution in [2.45, 2.75) is 6.18 Å². The summed E-state index contributed by atoms with van der Waals surface area (Å²) in [7, 11) is 0. The maximum absolute atomic E-state index is 12.2. The zero-order valence-corrected chi connectivity index (χ0v) is 6.93. The van der Waals surface area contributed by atoms with Gasteiger partial charge in [-0.05, 0) is 18.2 Å². The number of alkyl halides is 3. The molecule has 0 aromatic carbocycles. The Morgan fingerprint density at radius 1 is 1.43 bits per heavy atom. The fourth-order valence-corrected chi connectivity index (χ4v) is 0.854. The van der Waals surface area contributed by atoms with Gasteiger partial charge in [-0.15, -0.1) is 5.73 Å². The highest BCUT2D eigenvalue weighted by Gasteiger charge is 2.32. The largest absolute Gasteiger partial charge is 0.416 e. The fraction of sp³-hybridized carbons (Fsp3) is 0.111. The molecule has 0 fully saturated rings. The summed E-state index contributed by atoms with van der Waals surface area (Å²) in [6, 6.07) is 0. The maximum atomic E-state index is 12.2. The molecule has 0 spiro atoms. The third kappa shape index (κ3) is 2.37. The van der Waals surface area contributed by atoms with Gasteiger partial charge in [-0.2, -0.15) is 13.2 Å². The van der Waals surface area contributed by atoms with E-state index in [1.54, 1.807) is 0 Å². The second kappa shape index (κ2) is 3.55. The quantitative estimate of drug-likeness (QED) is 0.643. The summed E-state index contributed by atoms with van der Waals surface area (Å²) >= 11 is 0. The summed E-state index contributed by atoms with van der Waals surface area (Å²) < 4.78 is 36.7. The molecule has 1 aliphatic carbocycles. The van der Waals surface area contributed by atoms with E-state index >= 15 is 0 Å². The molecular weight excluding hydrogens is 195 g/mol. The molecule has 0 heterocycles. The molecule has 0 aromatic heterocycles. The van der Waals surface area contributed by atoms with E-state index in [2.05, 4.69) is 5.73 Å². The molecule has 1 amide bonds. The highest BCUT2D eigenvalue weighted by Crippen LogP contribution is 2.28. The van der Waals surface area contributed by atoms with Crippen molar-refractivity contribution in [2.24, 2.45) is 5.73 Å². The Morgan fingerprint density at radius 3 is 2.57 bits per heavy atom. The van der Waals surface area contributed by atoms with Crippen molar-refractivity contribution >= 4 is 5.91 Å². The van der Waals surface area contributed by atoms with Gasteiger partial charge in [0, 0.05) is 0 Å². The maximum Gasteiger partial charge on any atom is 0.416 e. The van der Waals surface area contributed by atoms with Gasteiger partial charge >= 0.3 is 6.18 Å². The first-order chi connectivity index (χ1) is 6.41. The van der Waals surface area contributed by atoms with Crippen LogP contribution in [0.1, 0.15) is 0 Å². The number of allylic oxidation sites excluding steroid dienone is 3. The highest BCUT2D eigenvalue weighted by atomic mass is 19.4. The van der Waals surface area contributed by atoms with Crippen molar-refractivity contribution in [3.8, 4) is 0 Å². The molecule has 14 heavy (non-hydrogen) atoms. The molecule has 74 valence electrons. The van der Waals surface area contributed by atoms with Crippen molar-refractivity contribution in [1.29, 1.82) is 0 Å². The average Bonchev–Trinajstić information content (AvgIpc) is 2.26. The summed E-state index contributed by atoms with van der Waals surface area (Å²) in [5, 5.41) is 0. The molecular formula is C9H6F3NO. The number of nitrogens with two attached hydrogens (primary N) is 1. The van der Waals surface area contributed by atoms with Crippen LogP contribution < -0.4 is 5.73 Å². The molecule has 1 rings (SSSR count). The lowest BCUT2D eigenvalue weighted by Gasteiger charge is -2.06. The number of amides is 1. The normalized spacial score (nSPS) is 15.9. The molecule has 0 unspecified atom stereocenters. The first-order valence-electron chi connectivity index (χ1n) is 3.63. The predicted molar refractivity (Wildman–Crippen MR) is 44.1 cm³/mol. The molecule has 0 aliphatic heterocycles. The molecule has 0 atom stereocenters. The minimum absolute atomic E-state index is 0.290. The molecule has 2 nitrogen and oxygen atoms in total. The van der Waals surface area contributed by atoms with E-state index in [4.69, 9.17) is 5.73 Å². The molecule has 0 radical (unpaired) electrons. The Hall–Kier alpha value is -1.74. The van der Waals surface area contributed by atoms with E-state index in [0.717, 1.165) is 12.2 Å². The second-order valence-corrected chi connectivity index (χ2v) is 2.55. The Morgan fingerprint density at radius 2 is 2.07 bits per heavy atom. The van der Waals surface area contributed by atoms with Crippen LogP contribution in [-0.4, -0.2) is 12.1 Å². The Balaban J connectivity index is 3.15. The van der Waals surface area contributed by atoms with E-state index in [1.165, 1.54) is 6.08 Å². The predicted octanol–water partition coefficient (Wildman–Crippen LogP) is 1.61. The number of rotatable bonds is 1. The van der Waals surface area contributed by atoms with E-state index in [1.807, 2.05) is 0 Å². The van der Waals surface area contributed by atoms with Crippen molar-refractivity contribution in [2.75, 3.05) is 0 Å². The molecule has 5 heteroatoms. The number of carbonyl (C=O) groups excluding carboxylic acids is 1. The number of carbonyl (C=O) groups is 1. The Kier molecular flexibility index (Phi) is 2.63. The van der Waals surface area contributed by atoms with Gasteiger partial charge in [0.1, 0.15) is 0 Å². The lowest BCUT2D eigenvalue weighted by molar-refractivity contribution is -0.114. The number of hydrogen-bond acceptors (Lipinski definition) is 1. The van der Waals surface area contributed by atoms with Crippen LogP contribution in [0.15, 0.2) is 41.2 Å². The third-order valence-corrected chi connectivity index (χ3v) is 1.50. The van der Waals surface area contributed by atoms with Gasteiger partial charge in [-0.3, -0.25) is 4.79 Å². The van der Waals surface area contributed by atoms with Crippen LogP contribution >= 0.6 is 0 Å². The molecule has 2 N–H and O–H groups in total. The molecule has 0 saturated carbocycles. The molecule has 1 aliphatic rings. The van der Waals surface area contributed by atoms with Crippen LogP contribution in [0.25, 0.3) is 0 Å². The van der Waals surface area contributed by atoms with Crippen LogP contribution in [0.2, 0.25) is 0 Å². The smallest absolute Gasteiger partial charge is 0.365 e. The summed E-state index contributed by atoms with van der Waals surface area (Å²) in [6.45, 7) is 0. The van der Waals surface area contributed by atoms with Crippen LogP contribution in [0, 0.1) is 0 Å². The number of hydrogen-bond donors (Lipinski definition) is 1. The zero-order valence-electron chi connectivity index (χ0n) is 6.93. The van der Waals surface area contributed by atoms with Gasteiger partial charge in [0.05, 0.1) is 11.1 Å². The van der Waals surface area contributed by atoms with Gasteiger partial charge in [-0.1, -0.05) is 6.08 Å². The van der Waals surface area contributed by atoms with Gasteiger partial charge in [0.2, 0.25) is 0 Å². The lowest BCUT2D eigenvalue weighted by atomic mass is 10.1. The standard InChI is InChI=1S/C9H6F3NO/c10-9(11,12)7-4-2-1-3-6(5-7)8(13)14/h1-2,4-5H,(H2,13,14). The van der Waals surface area contributed by atoms with Gasteiger partial charge in [0.15, 0.2) is 0 Å². The lowest BCUT2D eigenvalue weighted by Crippen LogP contribution is -2.15. The van der Waals surface area contributed by atoms with E-state index in [0.29, 0.717) is 6.08 Å². The second-order valence-electron chi connectivity index (χ2n) is 2.55. The van der Waals surface area contributed by atoms with Gasteiger partial charge < -0.3 is 5.73 Å². The summed E-state index contributed by atoms with van der Waals surface area (Å²) in [6.07, 6.45) is -0.618. The van der Waals surface area contributed by atoms with Crippen molar-refractivity contribution in [1.82, 2.24) is 0 Å². The Bertz CT molecular complexity index is 381. The third-order valence-electron chi connectivity index (χ3n) is 1.50. The van der Waals surface area contributed by atoms with Crippen molar-refractivity contribution in [3.63, 3.8) is 0 Å². The van der Waals surface area contributed by atoms with E-state index in [9.17, 15) is 18.0 Å². The molecule has 0 saturated heterocycles. The highest BCUT2D eigenvalue weighted by molar-refractivity contribution is 5.95. The van der Waals surface area contributed by atoms with Crippen LogP contribution in [0.3, 0.4) is 0 Å².